The summed E-state index contributed by atoms with van der Waals surface area (Å²) in [5.41, 5.74) is 3.40. The van der Waals surface area contributed by atoms with Gasteiger partial charge in [0.05, 0.1) is 6.54 Å². The smallest absolute Gasteiger partial charge is 0.239 e. The second-order valence-corrected chi connectivity index (χ2v) is 7.02. The van der Waals surface area contributed by atoms with Crippen LogP contribution in [0, 0.1) is 0 Å². The number of carbonyl (C=O) groups is 1. The Morgan fingerprint density at radius 2 is 1.61 bits per heavy atom. The van der Waals surface area contributed by atoms with Crippen molar-refractivity contribution < 1.29 is 4.79 Å². The Morgan fingerprint density at radius 1 is 1.00 bits per heavy atom. The molecule has 4 heteroatoms. The van der Waals surface area contributed by atoms with Gasteiger partial charge in [0.2, 0.25) is 5.91 Å². The number of rotatable bonds is 5. The second kappa shape index (κ2) is 7.51. The van der Waals surface area contributed by atoms with Crippen LogP contribution in [0.5, 0.6) is 0 Å². The third-order valence-corrected chi connectivity index (χ3v) is 3.86. The monoisotopic (exact) mass is 330 g/mol. The maximum Gasteiger partial charge on any atom is 0.239 e. The first kappa shape index (κ1) is 17.4. The van der Waals surface area contributed by atoms with Crippen molar-refractivity contribution in [3.05, 3.63) is 64.7 Å². The molecule has 2 aromatic rings. The van der Waals surface area contributed by atoms with Crippen LogP contribution in [0.15, 0.2) is 48.5 Å². The molecule has 0 aliphatic heterocycles. The Morgan fingerprint density at radius 3 is 2.17 bits per heavy atom. The second-order valence-electron chi connectivity index (χ2n) is 6.58. The zero-order valence-electron chi connectivity index (χ0n) is 13.8. The van der Waals surface area contributed by atoms with Gasteiger partial charge in [-0.1, -0.05) is 56.6 Å². The summed E-state index contributed by atoms with van der Waals surface area (Å²) in [6.07, 6.45) is 0. The summed E-state index contributed by atoms with van der Waals surface area (Å²) >= 11 is 5.82. The number of hydrogen-bond donors (Lipinski definition) is 2. The molecule has 0 bridgehead atoms. The molecule has 0 aliphatic rings. The van der Waals surface area contributed by atoms with Gasteiger partial charge in [-0.3, -0.25) is 4.79 Å². The standard InChI is InChI=1S/C19H23ClN2O/c1-19(2,3)15-6-4-14(5-7-15)12-22-18(23)13-21-17-10-8-16(20)9-11-17/h4-11,21H,12-13H2,1-3H3,(H,22,23). The molecular formula is C19H23ClN2O. The Bertz CT molecular complexity index is 643. The van der Waals surface area contributed by atoms with E-state index in [1.165, 1.54) is 5.56 Å². The van der Waals surface area contributed by atoms with Crippen LogP contribution in [-0.4, -0.2) is 12.5 Å². The highest BCUT2D eigenvalue weighted by Gasteiger charge is 2.12. The van der Waals surface area contributed by atoms with Gasteiger partial charge < -0.3 is 10.6 Å². The van der Waals surface area contributed by atoms with Crippen LogP contribution in [0.2, 0.25) is 5.02 Å². The van der Waals surface area contributed by atoms with Crippen molar-refractivity contribution >= 4 is 23.2 Å². The lowest BCUT2D eigenvalue weighted by atomic mass is 9.87. The summed E-state index contributed by atoms with van der Waals surface area (Å²) in [7, 11) is 0. The Hall–Kier alpha value is -2.00. The first-order chi connectivity index (χ1) is 10.8. The highest BCUT2D eigenvalue weighted by atomic mass is 35.5. The van der Waals surface area contributed by atoms with E-state index in [2.05, 4.69) is 55.7 Å². The summed E-state index contributed by atoms with van der Waals surface area (Å²) in [4.78, 5) is 11.9. The maximum atomic E-state index is 11.9. The van der Waals surface area contributed by atoms with Crippen LogP contribution in [0.3, 0.4) is 0 Å². The van der Waals surface area contributed by atoms with E-state index in [4.69, 9.17) is 11.6 Å². The summed E-state index contributed by atoms with van der Waals surface area (Å²) in [5, 5.41) is 6.66. The third kappa shape index (κ3) is 5.61. The third-order valence-electron chi connectivity index (χ3n) is 3.61. The van der Waals surface area contributed by atoms with E-state index < -0.39 is 0 Å². The number of halogens is 1. The minimum atomic E-state index is -0.0418. The number of benzene rings is 2. The lowest BCUT2D eigenvalue weighted by molar-refractivity contribution is -0.119. The first-order valence-electron chi connectivity index (χ1n) is 7.70. The first-order valence-corrected chi connectivity index (χ1v) is 8.08. The van der Waals surface area contributed by atoms with Crippen molar-refractivity contribution in [2.75, 3.05) is 11.9 Å². The summed E-state index contributed by atoms with van der Waals surface area (Å²) < 4.78 is 0. The molecule has 0 aliphatic carbocycles. The average Bonchev–Trinajstić information content (AvgIpc) is 2.52. The van der Waals surface area contributed by atoms with Gasteiger partial charge in [0, 0.05) is 17.3 Å². The highest BCUT2D eigenvalue weighted by Crippen LogP contribution is 2.22. The van der Waals surface area contributed by atoms with Crippen molar-refractivity contribution in [1.82, 2.24) is 5.32 Å². The zero-order valence-corrected chi connectivity index (χ0v) is 14.6. The van der Waals surface area contributed by atoms with E-state index in [-0.39, 0.29) is 17.9 Å². The lowest BCUT2D eigenvalue weighted by Gasteiger charge is -2.19. The van der Waals surface area contributed by atoms with E-state index in [0.717, 1.165) is 11.3 Å². The van der Waals surface area contributed by atoms with E-state index in [1.807, 2.05) is 12.1 Å². The molecule has 23 heavy (non-hydrogen) atoms. The fourth-order valence-electron chi connectivity index (χ4n) is 2.14. The van der Waals surface area contributed by atoms with Crippen LogP contribution in [0.1, 0.15) is 31.9 Å². The molecule has 0 atom stereocenters. The van der Waals surface area contributed by atoms with Crippen molar-refractivity contribution in [1.29, 1.82) is 0 Å². The molecule has 2 rings (SSSR count). The molecule has 1 amide bonds. The number of nitrogens with one attached hydrogen (secondary N) is 2. The molecular weight excluding hydrogens is 308 g/mol. The number of carbonyl (C=O) groups excluding carboxylic acids is 1. The van der Waals surface area contributed by atoms with E-state index in [0.29, 0.717) is 11.6 Å². The predicted molar refractivity (Wildman–Crippen MR) is 96.9 cm³/mol. The molecule has 0 radical (unpaired) electrons. The van der Waals surface area contributed by atoms with Crippen LogP contribution in [-0.2, 0) is 16.8 Å². The van der Waals surface area contributed by atoms with Gasteiger partial charge in [-0.2, -0.15) is 0 Å². The van der Waals surface area contributed by atoms with Gasteiger partial charge in [0.15, 0.2) is 0 Å². The lowest BCUT2D eigenvalue weighted by Crippen LogP contribution is -2.29. The summed E-state index contributed by atoms with van der Waals surface area (Å²) in [6.45, 7) is 7.33. The summed E-state index contributed by atoms with van der Waals surface area (Å²) in [6, 6.07) is 15.6. The van der Waals surface area contributed by atoms with Gasteiger partial charge in [0.25, 0.3) is 0 Å². The zero-order chi connectivity index (χ0) is 16.9. The maximum absolute atomic E-state index is 11.9. The van der Waals surface area contributed by atoms with Crippen LogP contribution >= 0.6 is 11.6 Å². The Labute approximate surface area is 143 Å². The highest BCUT2D eigenvalue weighted by molar-refractivity contribution is 6.30. The molecule has 2 N–H and O–H groups in total. The molecule has 0 unspecified atom stereocenters. The van der Waals surface area contributed by atoms with Gasteiger partial charge in [-0.25, -0.2) is 0 Å². The van der Waals surface area contributed by atoms with E-state index in [1.54, 1.807) is 12.1 Å². The molecule has 0 heterocycles. The number of anilines is 1. The van der Waals surface area contributed by atoms with Crippen LogP contribution in [0.4, 0.5) is 5.69 Å². The number of amides is 1. The quantitative estimate of drug-likeness (QED) is 0.855. The van der Waals surface area contributed by atoms with Crippen molar-refractivity contribution in [2.24, 2.45) is 0 Å². The normalized spacial score (nSPS) is 11.1. The SMILES string of the molecule is CC(C)(C)c1ccc(CNC(=O)CNc2ccc(Cl)cc2)cc1. The minimum Gasteiger partial charge on any atom is -0.376 e. The Kier molecular flexibility index (Phi) is 5.67. The minimum absolute atomic E-state index is 0.0418. The largest absolute Gasteiger partial charge is 0.376 e. The molecule has 0 fully saturated rings. The topological polar surface area (TPSA) is 41.1 Å². The predicted octanol–water partition coefficient (Wildman–Crippen LogP) is 4.37. The molecule has 122 valence electrons. The fraction of sp³-hybridized carbons (Fsp3) is 0.316. The number of hydrogen-bond acceptors (Lipinski definition) is 2. The van der Waals surface area contributed by atoms with Crippen LogP contribution < -0.4 is 10.6 Å². The van der Waals surface area contributed by atoms with Gasteiger partial charge in [-0.05, 0) is 40.8 Å². The fourth-order valence-corrected chi connectivity index (χ4v) is 2.26. The van der Waals surface area contributed by atoms with Crippen molar-refractivity contribution in [3.63, 3.8) is 0 Å². The van der Waals surface area contributed by atoms with E-state index >= 15 is 0 Å². The molecule has 3 nitrogen and oxygen atoms in total. The molecule has 0 aromatic heterocycles. The van der Waals surface area contributed by atoms with Crippen LogP contribution in [0.25, 0.3) is 0 Å². The van der Waals surface area contributed by atoms with Crippen molar-refractivity contribution in [3.8, 4) is 0 Å². The molecule has 0 spiro atoms. The summed E-state index contributed by atoms with van der Waals surface area (Å²) in [5.74, 6) is -0.0418. The molecule has 0 saturated carbocycles. The van der Waals surface area contributed by atoms with Gasteiger partial charge >= 0.3 is 0 Å². The van der Waals surface area contributed by atoms with Gasteiger partial charge in [-0.15, -0.1) is 0 Å². The van der Waals surface area contributed by atoms with E-state index in [9.17, 15) is 4.79 Å². The van der Waals surface area contributed by atoms with Crippen molar-refractivity contribution in [2.45, 2.75) is 32.7 Å². The van der Waals surface area contributed by atoms with Gasteiger partial charge in [0.1, 0.15) is 0 Å². The Balaban J connectivity index is 1.79. The molecule has 2 aromatic carbocycles. The average molecular weight is 331 g/mol. The molecule has 0 saturated heterocycles.